The zero-order chi connectivity index (χ0) is 22.5. The van der Waals surface area contributed by atoms with Gasteiger partial charge in [-0.2, -0.15) is 0 Å². The number of benzene rings is 3. The van der Waals surface area contributed by atoms with Crippen molar-refractivity contribution in [1.29, 1.82) is 0 Å². The smallest absolute Gasteiger partial charge is 0.324 e. The van der Waals surface area contributed by atoms with E-state index in [9.17, 15) is 9.59 Å². The van der Waals surface area contributed by atoms with Crippen LogP contribution in [-0.4, -0.2) is 37.0 Å². The highest BCUT2D eigenvalue weighted by Crippen LogP contribution is 2.24. The summed E-state index contributed by atoms with van der Waals surface area (Å²) in [4.78, 5) is 29.6. The first-order valence-electron chi connectivity index (χ1n) is 10.7. The summed E-state index contributed by atoms with van der Waals surface area (Å²) in [6.07, 6.45) is 0.875. The lowest BCUT2D eigenvalue weighted by Gasteiger charge is -2.36. The van der Waals surface area contributed by atoms with Crippen molar-refractivity contribution in [3.05, 3.63) is 89.5 Å². The van der Waals surface area contributed by atoms with E-state index in [-0.39, 0.29) is 11.9 Å². The summed E-state index contributed by atoms with van der Waals surface area (Å²) in [5, 5.41) is 2.89. The highest BCUT2D eigenvalue weighted by molar-refractivity contribution is 6.05. The number of rotatable bonds is 6. The minimum Gasteiger partial charge on any atom is -0.497 e. The molecule has 3 amide bonds. The van der Waals surface area contributed by atoms with Gasteiger partial charge >= 0.3 is 6.03 Å². The number of anilines is 2. The minimum absolute atomic E-state index is 0.0350. The number of urea groups is 1. The van der Waals surface area contributed by atoms with E-state index in [1.807, 2.05) is 29.2 Å². The molecule has 1 N–H and O–H groups in total. The Labute approximate surface area is 188 Å². The van der Waals surface area contributed by atoms with Crippen molar-refractivity contribution in [3.63, 3.8) is 0 Å². The van der Waals surface area contributed by atoms with Crippen LogP contribution in [0.2, 0.25) is 0 Å². The molecule has 32 heavy (non-hydrogen) atoms. The van der Waals surface area contributed by atoms with Gasteiger partial charge in [-0.05, 0) is 66.9 Å². The second-order valence-corrected chi connectivity index (χ2v) is 7.87. The maximum Gasteiger partial charge on any atom is 0.324 e. The van der Waals surface area contributed by atoms with E-state index in [1.54, 1.807) is 48.4 Å². The average molecular weight is 430 g/mol. The number of nitrogens with one attached hydrogen (secondary N) is 1. The average Bonchev–Trinajstić information content (AvgIpc) is 2.82. The SMILES string of the molecule is COc1ccc(NC(=O)c2cccc(N3CCCN(Cc4ccccc4C)C3=O)c2)cc1. The molecule has 0 radical (unpaired) electrons. The van der Waals surface area contributed by atoms with E-state index < -0.39 is 0 Å². The summed E-state index contributed by atoms with van der Waals surface area (Å²) < 4.78 is 5.15. The number of nitrogens with zero attached hydrogens (tertiary/aromatic N) is 2. The normalized spacial score (nSPS) is 13.8. The van der Waals surface area contributed by atoms with Gasteiger partial charge in [-0.25, -0.2) is 4.79 Å². The predicted octanol–water partition coefficient (Wildman–Crippen LogP) is 5.09. The van der Waals surface area contributed by atoms with Crippen LogP contribution in [-0.2, 0) is 6.54 Å². The Balaban J connectivity index is 1.48. The van der Waals surface area contributed by atoms with Crippen LogP contribution < -0.4 is 15.0 Å². The Morgan fingerprint density at radius 3 is 2.53 bits per heavy atom. The fraction of sp³-hybridized carbons (Fsp3) is 0.231. The summed E-state index contributed by atoms with van der Waals surface area (Å²) in [6, 6.07) is 22.5. The molecule has 1 saturated heterocycles. The third kappa shape index (κ3) is 4.75. The van der Waals surface area contributed by atoms with E-state index in [2.05, 4.69) is 24.4 Å². The second-order valence-electron chi connectivity index (χ2n) is 7.87. The van der Waals surface area contributed by atoms with Crippen molar-refractivity contribution >= 4 is 23.3 Å². The quantitative estimate of drug-likeness (QED) is 0.594. The summed E-state index contributed by atoms with van der Waals surface area (Å²) in [7, 11) is 1.60. The van der Waals surface area contributed by atoms with Crippen molar-refractivity contribution in [2.24, 2.45) is 0 Å². The molecule has 6 nitrogen and oxygen atoms in total. The fourth-order valence-corrected chi connectivity index (χ4v) is 3.85. The van der Waals surface area contributed by atoms with Gasteiger partial charge in [0.15, 0.2) is 0 Å². The number of hydrogen-bond acceptors (Lipinski definition) is 3. The number of carbonyl (C=O) groups is 2. The van der Waals surface area contributed by atoms with Crippen LogP contribution in [0.25, 0.3) is 0 Å². The minimum atomic E-state index is -0.224. The first kappa shape index (κ1) is 21.4. The molecule has 6 heteroatoms. The molecule has 0 atom stereocenters. The number of hydrogen-bond donors (Lipinski definition) is 1. The summed E-state index contributed by atoms with van der Waals surface area (Å²) in [6.45, 7) is 4.00. The van der Waals surface area contributed by atoms with Crippen LogP contribution in [0, 0.1) is 6.92 Å². The van der Waals surface area contributed by atoms with E-state index in [4.69, 9.17) is 4.74 Å². The molecule has 1 heterocycles. The standard InChI is InChI=1S/C26H27N3O3/c1-19-7-3-4-8-21(19)18-28-15-6-16-29(26(28)31)23-10-5-9-20(17-23)25(30)27-22-11-13-24(32-2)14-12-22/h3-5,7-14,17H,6,15-16,18H2,1-2H3,(H,27,30). The summed E-state index contributed by atoms with van der Waals surface area (Å²) in [5.41, 5.74) is 4.23. The molecular formula is C26H27N3O3. The highest BCUT2D eigenvalue weighted by atomic mass is 16.5. The largest absolute Gasteiger partial charge is 0.497 e. The maximum atomic E-state index is 13.2. The fourth-order valence-electron chi connectivity index (χ4n) is 3.85. The molecule has 0 unspecified atom stereocenters. The van der Waals surface area contributed by atoms with Crippen molar-refractivity contribution in [2.75, 3.05) is 30.4 Å². The van der Waals surface area contributed by atoms with Crippen LogP contribution in [0.15, 0.2) is 72.8 Å². The van der Waals surface area contributed by atoms with Crippen LogP contribution in [0.3, 0.4) is 0 Å². The summed E-state index contributed by atoms with van der Waals surface area (Å²) in [5.74, 6) is 0.502. The molecular weight excluding hydrogens is 402 g/mol. The predicted molar refractivity (Wildman–Crippen MR) is 126 cm³/mol. The third-order valence-corrected chi connectivity index (χ3v) is 5.70. The van der Waals surface area contributed by atoms with Crippen LogP contribution in [0.5, 0.6) is 5.75 Å². The van der Waals surface area contributed by atoms with Crippen molar-refractivity contribution in [1.82, 2.24) is 4.90 Å². The molecule has 3 aromatic carbocycles. The van der Waals surface area contributed by atoms with Gasteiger partial charge in [0.25, 0.3) is 5.91 Å². The molecule has 0 saturated carbocycles. The second kappa shape index (κ2) is 9.56. The molecule has 4 rings (SSSR count). The van der Waals surface area contributed by atoms with Gasteiger partial charge in [-0.1, -0.05) is 30.3 Å². The van der Waals surface area contributed by atoms with Crippen molar-refractivity contribution < 1.29 is 14.3 Å². The Kier molecular flexibility index (Phi) is 6.40. The van der Waals surface area contributed by atoms with Crippen molar-refractivity contribution in [2.45, 2.75) is 19.9 Å². The van der Waals surface area contributed by atoms with E-state index in [0.29, 0.717) is 24.3 Å². The Morgan fingerprint density at radius 1 is 1.00 bits per heavy atom. The first-order valence-corrected chi connectivity index (χ1v) is 10.7. The first-order chi connectivity index (χ1) is 15.5. The molecule has 1 aliphatic heterocycles. The van der Waals surface area contributed by atoms with Gasteiger partial charge in [0, 0.05) is 36.6 Å². The van der Waals surface area contributed by atoms with Gasteiger partial charge in [0.05, 0.1) is 7.11 Å². The zero-order valence-electron chi connectivity index (χ0n) is 18.4. The maximum absolute atomic E-state index is 13.2. The molecule has 0 spiro atoms. The van der Waals surface area contributed by atoms with Crippen molar-refractivity contribution in [3.8, 4) is 5.75 Å². The Morgan fingerprint density at radius 2 is 1.78 bits per heavy atom. The van der Waals surface area contributed by atoms with Gasteiger partial charge in [-0.15, -0.1) is 0 Å². The molecule has 1 fully saturated rings. The highest BCUT2D eigenvalue weighted by Gasteiger charge is 2.27. The van der Waals surface area contributed by atoms with E-state index in [0.717, 1.165) is 30.0 Å². The Bertz CT molecular complexity index is 1110. The lowest BCUT2D eigenvalue weighted by molar-refractivity contribution is 0.102. The molecule has 0 aromatic heterocycles. The van der Waals surface area contributed by atoms with Gasteiger partial charge < -0.3 is 15.0 Å². The molecule has 0 bridgehead atoms. The van der Waals surface area contributed by atoms with Gasteiger partial charge in [0.2, 0.25) is 0 Å². The van der Waals surface area contributed by atoms with Crippen LogP contribution >= 0.6 is 0 Å². The number of methoxy groups -OCH3 is 1. The monoisotopic (exact) mass is 429 g/mol. The molecule has 1 aliphatic rings. The molecule has 164 valence electrons. The lowest BCUT2D eigenvalue weighted by atomic mass is 10.1. The topological polar surface area (TPSA) is 61.9 Å². The lowest BCUT2D eigenvalue weighted by Crippen LogP contribution is -2.49. The number of aryl methyl sites for hydroxylation is 1. The molecule has 3 aromatic rings. The Hall–Kier alpha value is -3.80. The van der Waals surface area contributed by atoms with E-state index in [1.165, 1.54) is 5.56 Å². The number of carbonyl (C=O) groups excluding carboxylic acids is 2. The number of amides is 3. The number of ether oxygens (including phenoxy) is 1. The molecule has 0 aliphatic carbocycles. The van der Waals surface area contributed by atoms with Gasteiger partial charge in [-0.3, -0.25) is 9.69 Å². The van der Waals surface area contributed by atoms with Gasteiger partial charge in [0.1, 0.15) is 5.75 Å². The summed E-state index contributed by atoms with van der Waals surface area (Å²) >= 11 is 0. The van der Waals surface area contributed by atoms with Crippen LogP contribution in [0.1, 0.15) is 27.9 Å². The van der Waals surface area contributed by atoms with E-state index >= 15 is 0 Å². The zero-order valence-corrected chi connectivity index (χ0v) is 18.4. The third-order valence-electron chi connectivity index (χ3n) is 5.70. The van der Waals surface area contributed by atoms with Crippen LogP contribution in [0.4, 0.5) is 16.2 Å².